The van der Waals surface area contributed by atoms with Crippen molar-refractivity contribution in [2.24, 2.45) is 11.1 Å². The van der Waals surface area contributed by atoms with E-state index in [-0.39, 0.29) is 30.8 Å². The largest absolute Gasteiger partial charge is 0.479 e. The number of benzene rings is 1. The highest BCUT2D eigenvalue weighted by Crippen LogP contribution is 2.44. The second-order valence-electron chi connectivity index (χ2n) is 10.0. The van der Waals surface area contributed by atoms with Crippen LogP contribution in [0.3, 0.4) is 0 Å². The Balaban J connectivity index is 1.99. The maximum Gasteiger partial charge on any atom is 0.338 e. The number of nitrogens with two attached hydrogens (primary N) is 1. The van der Waals surface area contributed by atoms with Crippen LogP contribution in [0.4, 0.5) is 0 Å². The fourth-order valence-corrected chi connectivity index (χ4v) is 4.32. The van der Waals surface area contributed by atoms with E-state index in [1.807, 2.05) is 30.3 Å². The molecule has 32 heavy (non-hydrogen) atoms. The molecule has 0 aliphatic heterocycles. The van der Waals surface area contributed by atoms with Gasteiger partial charge in [0.1, 0.15) is 12.2 Å². The van der Waals surface area contributed by atoms with Crippen LogP contribution in [0.2, 0.25) is 0 Å². The highest BCUT2D eigenvalue weighted by Gasteiger charge is 2.46. The molecule has 0 bridgehead atoms. The summed E-state index contributed by atoms with van der Waals surface area (Å²) in [4.78, 5) is 36.9. The van der Waals surface area contributed by atoms with Gasteiger partial charge in [0, 0.05) is 0 Å². The first kappa shape index (κ1) is 25.8. The fraction of sp³-hybridized carbons (Fsp3) is 0.640. The zero-order chi connectivity index (χ0) is 23.8. The summed E-state index contributed by atoms with van der Waals surface area (Å²) in [6, 6.07) is 9.53. The van der Waals surface area contributed by atoms with E-state index in [1.54, 1.807) is 20.8 Å². The summed E-state index contributed by atoms with van der Waals surface area (Å²) in [5.41, 5.74) is 3.75. The van der Waals surface area contributed by atoms with Crippen molar-refractivity contribution in [3.63, 3.8) is 0 Å². The van der Waals surface area contributed by atoms with E-state index in [2.05, 4.69) is 0 Å². The average Bonchev–Trinajstić information content (AvgIpc) is 2.72. The number of rotatable bonds is 10. The molecular formula is C25H37NO6. The van der Waals surface area contributed by atoms with Gasteiger partial charge in [-0.15, -0.1) is 0 Å². The molecule has 1 fully saturated rings. The van der Waals surface area contributed by atoms with Crippen LogP contribution >= 0.6 is 0 Å². The third-order valence-electron chi connectivity index (χ3n) is 6.10. The maximum absolute atomic E-state index is 12.6. The molecule has 0 amide bonds. The first-order valence-corrected chi connectivity index (χ1v) is 11.4. The third-order valence-corrected chi connectivity index (χ3v) is 6.10. The van der Waals surface area contributed by atoms with Crippen molar-refractivity contribution < 1.29 is 29.0 Å². The van der Waals surface area contributed by atoms with Gasteiger partial charge in [0.15, 0.2) is 0 Å². The lowest BCUT2D eigenvalue weighted by molar-refractivity contribution is -0.169. The van der Waals surface area contributed by atoms with Crippen molar-refractivity contribution in [1.82, 2.24) is 0 Å². The predicted octanol–water partition coefficient (Wildman–Crippen LogP) is 4.36. The molecule has 1 atom stereocenters. The van der Waals surface area contributed by atoms with Crippen LogP contribution in [-0.4, -0.2) is 34.2 Å². The molecule has 3 N–H and O–H groups in total. The topological polar surface area (TPSA) is 116 Å². The molecule has 1 aromatic carbocycles. The number of carboxylic acid groups (broad SMARTS) is 1. The quantitative estimate of drug-likeness (QED) is 0.404. The van der Waals surface area contributed by atoms with Crippen molar-refractivity contribution in [1.29, 1.82) is 0 Å². The van der Waals surface area contributed by atoms with Gasteiger partial charge in [-0.25, -0.2) is 9.59 Å². The van der Waals surface area contributed by atoms with Gasteiger partial charge >= 0.3 is 17.9 Å². The number of carboxylic acids is 1. The molecular weight excluding hydrogens is 410 g/mol. The smallest absolute Gasteiger partial charge is 0.338 e. The summed E-state index contributed by atoms with van der Waals surface area (Å²) in [7, 11) is 0. The fourth-order valence-electron chi connectivity index (χ4n) is 4.32. The molecule has 2 rings (SSSR count). The molecule has 0 heterocycles. The standard InChI is InChI=1S/C25H37NO6/c1-23(2,3)32-22(30)25(26,21(28)29)16-10-15-24(13-8-5-9-14-24)17-20(27)31-18-19-11-6-4-7-12-19/h4,6-7,11-12H,5,8-10,13-18,26H2,1-3H3,(H,28,29). The van der Waals surface area contributed by atoms with E-state index < -0.39 is 23.1 Å². The van der Waals surface area contributed by atoms with E-state index in [1.165, 1.54) is 0 Å². The monoisotopic (exact) mass is 447 g/mol. The van der Waals surface area contributed by atoms with Gasteiger partial charge in [0.25, 0.3) is 0 Å². The molecule has 0 saturated heterocycles. The Bertz CT molecular complexity index is 779. The number of aliphatic carboxylic acids is 1. The second kappa shape index (κ2) is 10.9. The first-order chi connectivity index (χ1) is 15.0. The number of hydrogen-bond acceptors (Lipinski definition) is 6. The Hall–Kier alpha value is -2.41. The lowest BCUT2D eigenvalue weighted by Crippen LogP contribution is -2.57. The van der Waals surface area contributed by atoms with E-state index >= 15 is 0 Å². The minimum Gasteiger partial charge on any atom is -0.479 e. The Morgan fingerprint density at radius 1 is 1.06 bits per heavy atom. The van der Waals surface area contributed by atoms with Gasteiger partial charge in [0.2, 0.25) is 5.54 Å². The predicted molar refractivity (Wildman–Crippen MR) is 121 cm³/mol. The second-order valence-corrected chi connectivity index (χ2v) is 10.0. The van der Waals surface area contributed by atoms with Crippen LogP contribution in [-0.2, 0) is 30.5 Å². The molecule has 1 aliphatic rings. The van der Waals surface area contributed by atoms with Crippen molar-refractivity contribution >= 4 is 17.9 Å². The molecule has 1 aliphatic carbocycles. The zero-order valence-corrected chi connectivity index (χ0v) is 19.5. The summed E-state index contributed by atoms with van der Waals surface area (Å²) in [6.45, 7) is 5.25. The third kappa shape index (κ3) is 7.62. The zero-order valence-electron chi connectivity index (χ0n) is 19.5. The molecule has 0 radical (unpaired) electrons. The first-order valence-electron chi connectivity index (χ1n) is 11.4. The summed E-state index contributed by atoms with van der Waals surface area (Å²) in [5.74, 6) is -2.58. The van der Waals surface area contributed by atoms with E-state index in [9.17, 15) is 19.5 Å². The van der Waals surface area contributed by atoms with Gasteiger partial charge in [0.05, 0.1) is 6.42 Å². The van der Waals surface area contributed by atoms with Crippen molar-refractivity contribution in [2.75, 3.05) is 0 Å². The summed E-state index contributed by atoms with van der Waals surface area (Å²) < 4.78 is 10.8. The van der Waals surface area contributed by atoms with Gasteiger partial charge < -0.3 is 20.3 Å². The van der Waals surface area contributed by atoms with Gasteiger partial charge in [-0.1, -0.05) is 49.6 Å². The molecule has 1 saturated carbocycles. The van der Waals surface area contributed by atoms with E-state index in [4.69, 9.17) is 15.2 Å². The van der Waals surface area contributed by atoms with Gasteiger partial charge in [-0.2, -0.15) is 0 Å². The SMILES string of the molecule is CC(C)(C)OC(=O)C(N)(CCCC1(CC(=O)OCc2ccccc2)CCCCC1)C(=O)O. The lowest BCUT2D eigenvalue weighted by Gasteiger charge is -2.37. The van der Waals surface area contributed by atoms with Crippen LogP contribution < -0.4 is 5.73 Å². The van der Waals surface area contributed by atoms with Gasteiger partial charge in [-0.3, -0.25) is 4.79 Å². The van der Waals surface area contributed by atoms with Crippen LogP contribution in [0.15, 0.2) is 30.3 Å². The molecule has 0 spiro atoms. The normalized spacial score (nSPS) is 17.8. The van der Waals surface area contributed by atoms with Crippen LogP contribution in [0.5, 0.6) is 0 Å². The average molecular weight is 448 g/mol. The Morgan fingerprint density at radius 2 is 1.69 bits per heavy atom. The Labute approximate surface area is 190 Å². The van der Waals surface area contributed by atoms with Crippen molar-refractivity contribution in [3.05, 3.63) is 35.9 Å². The number of carbonyl (C=O) groups excluding carboxylic acids is 2. The molecule has 1 aromatic rings. The van der Waals surface area contributed by atoms with Crippen molar-refractivity contribution in [3.8, 4) is 0 Å². The summed E-state index contributed by atoms with van der Waals surface area (Å²) in [5, 5.41) is 9.62. The minimum atomic E-state index is -2.10. The van der Waals surface area contributed by atoms with Crippen LogP contribution in [0.25, 0.3) is 0 Å². The molecule has 178 valence electrons. The van der Waals surface area contributed by atoms with Crippen molar-refractivity contribution in [2.45, 2.75) is 96.3 Å². The molecule has 7 heteroatoms. The Morgan fingerprint density at radius 3 is 2.25 bits per heavy atom. The number of esters is 2. The number of hydrogen-bond donors (Lipinski definition) is 2. The number of carbonyl (C=O) groups is 3. The van der Waals surface area contributed by atoms with Crippen LogP contribution in [0, 0.1) is 5.41 Å². The molecule has 7 nitrogen and oxygen atoms in total. The molecule has 0 aromatic heterocycles. The number of ether oxygens (including phenoxy) is 2. The minimum absolute atomic E-state index is 0.0436. The van der Waals surface area contributed by atoms with E-state index in [0.29, 0.717) is 12.8 Å². The lowest BCUT2D eigenvalue weighted by atomic mass is 9.68. The Kier molecular flexibility index (Phi) is 8.84. The molecule has 1 unspecified atom stereocenters. The summed E-state index contributed by atoms with van der Waals surface area (Å²) >= 11 is 0. The summed E-state index contributed by atoms with van der Waals surface area (Å²) in [6.07, 6.45) is 6.19. The van der Waals surface area contributed by atoms with Gasteiger partial charge in [-0.05, 0) is 63.9 Å². The highest BCUT2D eigenvalue weighted by molar-refractivity contribution is 6.03. The highest BCUT2D eigenvalue weighted by atomic mass is 16.6. The maximum atomic E-state index is 12.6. The van der Waals surface area contributed by atoms with E-state index in [0.717, 1.165) is 37.7 Å². The van der Waals surface area contributed by atoms with Crippen LogP contribution in [0.1, 0.15) is 84.1 Å².